The van der Waals surface area contributed by atoms with E-state index in [1.165, 1.54) is 4.90 Å². The van der Waals surface area contributed by atoms with Crippen LogP contribution in [0.2, 0.25) is 0 Å². The molecule has 0 aromatic carbocycles. The predicted octanol–water partition coefficient (Wildman–Crippen LogP) is 3.18. The Balaban J connectivity index is 2.01. The standard InChI is InChI=1S/C15H20BrN3O3/c1-15(2,3)22-14(21)19-8-4-5-11(19)13(20)18-10-6-7-12(16)17-9-10/h6-7,9,11H,4-5,8H2,1-3H3,(H,18,20). The first-order valence-electron chi connectivity index (χ1n) is 7.18. The molecule has 0 bridgehead atoms. The van der Waals surface area contributed by atoms with Crippen molar-refractivity contribution in [1.82, 2.24) is 9.88 Å². The fourth-order valence-electron chi connectivity index (χ4n) is 2.25. The van der Waals surface area contributed by atoms with Gasteiger partial charge < -0.3 is 10.1 Å². The van der Waals surface area contributed by atoms with E-state index in [9.17, 15) is 9.59 Å². The highest BCUT2D eigenvalue weighted by molar-refractivity contribution is 9.10. The van der Waals surface area contributed by atoms with E-state index in [1.54, 1.807) is 18.3 Å². The summed E-state index contributed by atoms with van der Waals surface area (Å²) in [5.74, 6) is -0.215. The van der Waals surface area contributed by atoms with Crippen molar-refractivity contribution in [3.05, 3.63) is 22.9 Å². The number of rotatable bonds is 2. The zero-order valence-electron chi connectivity index (χ0n) is 12.9. The molecule has 0 aliphatic carbocycles. The highest BCUT2D eigenvalue weighted by atomic mass is 79.9. The quantitative estimate of drug-likeness (QED) is 0.812. The fourth-order valence-corrected chi connectivity index (χ4v) is 2.49. The van der Waals surface area contributed by atoms with Gasteiger partial charge in [0.1, 0.15) is 16.2 Å². The molecule has 2 rings (SSSR count). The molecule has 1 aliphatic heterocycles. The lowest BCUT2D eigenvalue weighted by Crippen LogP contribution is -2.45. The van der Waals surface area contributed by atoms with E-state index < -0.39 is 17.7 Å². The second kappa shape index (κ2) is 6.64. The Bertz CT molecular complexity index is 554. The summed E-state index contributed by atoms with van der Waals surface area (Å²) in [6, 6.07) is 3.00. The molecule has 1 unspecified atom stereocenters. The summed E-state index contributed by atoms with van der Waals surface area (Å²) in [6.07, 6.45) is 2.54. The molecule has 2 amide bonds. The summed E-state index contributed by atoms with van der Waals surface area (Å²) in [5, 5.41) is 2.79. The molecule has 6 nitrogen and oxygen atoms in total. The maximum atomic E-state index is 12.4. The monoisotopic (exact) mass is 369 g/mol. The van der Waals surface area contributed by atoms with Crippen LogP contribution in [0.25, 0.3) is 0 Å². The molecule has 1 aromatic heterocycles. The van der Waals surface area contributed by atoms with Gasteiger partial charge in [-0.1, -0.05) is 0 Å². The van der Waals surface area contributed by atoms with Crippen LogP contribution in [0, 0.1) is 0 Å². The molecule has 1 aliphatic rings. The normalized spacial score (nSPS) is 18.2. The molecule has 7 heteroatoms. The maximum Gasteiger partial charge on any atom is 0.410 e. The number of ether oxygens (including phenoxy) is 1. The van der Waals surface area contributed by atoms with Crippen molar-refractivity contribution in [2.45, 2.75) is 45.3 Å². The van der Waals surface area contributed by atoms with Crippen LogP contribution in [0.3, 0.4) is 0 Å². The Hall–Kier alpha value is -1.63. The van der Waals surface area contributed by atoms with Gasteiger partial charge in [-0.3, -0.25) is 9.69 Å². The largest absolute Gasteiger partial charge is 0.444 e. The van der Waals surface area contributed by atoms with Gasteiger partial charge in [-0.15, -0.1) is 0 Å². The summed E-state index contributed by atoms with van der Waals surface area (Å²) in [7, 11) is 0. The van der Waals surface area contributed by atoms with Crippen molar-refractivity contribution in [3.63, 3.8) is 0 Å². The number of halogens is 1. The molecule has 1 fully saturated rings. The molecular formula is C15H20BrN3O3. The number of nitrogens with zero attached hydrogens (tertiary/aromatic N) is 2. The van der Waals surface area contributed by atoms with Crippen LogP contribution in [0.4, 0.5) is 10.5 Å². The van der Waals surface area contributed by atoms with Crippen LogP contribution >= 0.6 is 15.9 Å². The van der Waals surface area contributed by atoms with E-state index in [4.69, 9.17) is 4.74 Å². The number of amides is 2. The highest BCUT2D eigenvalue weighted by Gasteiger charge is 2.36. The highest BCUT2D eigenvalue weighted by Crippen LogP contribution is 2.22. The number of anilines is 1. The SMILES string of the molecule is CC(C)(C)OC(=O)N1CCCC1C(=O)Nc1ccc(Br)nc1. The van der Waals surface area contributed by atoms with Crippen LogP contribution in [0.5, 0.6) is 0 Å². The van der Waals surface area contributed by atoms with E-state index in [-0.39, 0.29) is 5.91 Å². The number of aromatic nitrogens is 1. The van der Waals surface area contributed by atoms with Crippen molar-refractivity contribution in [2.75, 3.05) is 11.9 Å². The van der Waals surface area contributed by atoms with Gasteiger partial charge >= 0.3 is 6.09 Å². The van der Waals surface area contributed by atoms with Gasteiger partial charge in [-0.2, -0.15) is 0 Å². The van der Waals surface area contributed by atoms with Gasteiger partial charge in [0.15, 0.2) is 0 Å². The second-order valence-corrected chi connectivity index (χ2v) is 7.00. The molecule has 22 heavy (non-hydrogen) atoms. The lowest BCUT2D eigenvalue weighted by atomic mass is 10.2. The Morgan fingerprint density at radius 1 is 1.41 bits per heavy atom. The number of nitrogens with one attached hydrogen (secondary N) is 1. The molecule has 0 saturated carbocycles. The predicted molar refractivity (Wildman–Crippen MR) is 86.5 cm³/mol. The smallest absolute Gasteiger partial charge is 0.410 e. The van der Waals surface area contributed by atoms with Crippen molar-refractivity contribution in [2.24, 2.45) is 0 Å². The molecule has 0 spiro atoms. The van der Waals surface area contributed by atoms with Crippen molar-refractivity contribution >= 4 is 33.6 Å². The lowest BCUT2D eigenvalue weighted by molar-refractivity contribution is -0.120. The lowest BCUT2D eigenvalue weighted by Gasteiger charge is -2.28. The Morgan fingerprint density at radius 2 is 2.14 bits per heavy atom. The first kappa shape index (κ1) is 16.7. The molecular weight excluding hydrogens is 350 g/mol. The molecule has 0 radical (unpaired) electrons. The minimum Gasteiger partial charge on any atom is -0.444 e. The summed E-state index contributed by atoms with van der Waals surface area (Å²) >= 11 is 3.24. The van der Waals surface area contributed by atoms with E-state index in [2.05, 4.69) is 26.2 Å². The van der Waals surface area contributed by atoms with Crippen molar-refractivity contribution in [3.8, 4) is 0 Å². The average Bonchev–Trinajstić information content (AvgIpc) is 2.89. The molecule has 120 valence electrons. The van der Waals surface area contributed by atoms with Crippen LogP contribution in [-0.2, 0) is 9.53 Å². The number of likely N-dealkylation sites (tertiary alicyclic amines) is 1. The topological polar surface area (TPSA) is 71.5 Å². The van der Waals surface area contributed by atoms with Gasteiger partial charge in [0.25, 0.3) is 0 Å². The minimum atomic E-state index is -0.573. The molecule has 1 aromatic rings. The Kier molecular flexibility index (Phi) is 5.05. The van der Waals surface area contributed by atoms with Crippen LogP contribution in [0.1, 0.15) is 33.6 Å². The third-order valence-corrected chi connectivity index (χ3v) is 3.65. The number of hydrogen-bond acceptors (Lipinski definition) is 4. The van der Waals surface area contributed by atoms with E-state index in [0.29, 0.717) is 23.3 Å². The fraction of sp³-hybridized carbons (Fsp3) is 0.533. The summed E-state index contributed by atoms with van der Waals surface area (Å²) in [6.45, 7) is 5.96. The first-order chi connectivity index (χ1) is 10.3. The van der Waals surface area contributed by atoms with Gasteiger partial charge in [0, 0.05) is 6.54 Å². The van der Waals surface area contributed by atoms with Crippen LogP contribution < -0.4 is 5.32 Å². The van der Waals surface area contributed by atoms with E-state index >= 15 is 0 Å². The third-order valence-electron chi connectivity index (χ3n) is 3.18. The van der Waals surface area contributed by atoms with Gasteiger partial charge in [-0.25, -0.2) is 9.78 Å². The summed E-state index contributed by atoms with van der Waals surface area (Å²) < 4.78 is 6.05. The molecule has 1 saturated heterocycles. The average molecular weight is 370 g/mol. The van der Waals surface area contributed by atoms with E-state index in [1.807, 2.05) is 20.8 Å². The number of carbonyl (C=O) groups is 2. The van der Waals surface area contributed by atoms with Crippen LogP contribution in [-0.4, -0.2) is 40.1 Å². The Labute approximate surface area is 138 Å². The molecule has 1 N–H and O–H groups in total. The molecule has 2 heterocycles. The third kappa shape index (κ3) is 4.43. The van der Waals surface area contributed by atoms with E-state index in [0.717, 1.165) is 6.42 Å². The number of pyridine rings is 1. The van der Waals surface area contributed by atoms with Crippen LogP contribution in [0.15, 0.2) is 22.9 Å². The van der Waals surface area contributed by atoms with Crippen molar-refractivity contribution < 1.29 is 14.3 Å². The van der Waals surface area contributed by atoms with Gasteiger partial charge in [-0.05, 0) is 61.7 Å². The zero-order valence-corrected chi connectivity index (χ0v) is 14.5. The summed E-state index contributed by atoms with van der Waals surface area (Å²) in [5.41, 5.74) is 0.0281. The number of carbonyl (C=O) groups excluding carboxylic acids is 2. The second-order valence-electron chi connectivity index (χ2n) is 6.19. The minimum absolute atomic E-state index is 0.215. The van der Waals surface area contributed by atoms with Gasteiger partial charge in [0.05, 0.1) is 11.9 Å². The molecule has 1 atom stereocenters. The number of hydrogen-bond donors (Lipinski definition) is 1. The zero-order chi connectivity index (χ0) is 16.3. The van der Waals surface area contributed by atoms with Gasteiger partial charge in [0.2, 0.25) is 5.91 Å². The summed E-state index contributed by atoms with van der Waals surface area (Å²) in [4.78, 5) is 30.1. The Morgan fingerprint density at radius 3 is 2.73 bits per heavy atom. The van der Waals surface area contributed by atoms with Crippen molar-refractivity contribution in [1.29, 1.82) is 0 Å². The maximum absolute atomic E-state index is 12.4. The first-order valence-corrected chi connectivity index (χ1v) is 7.97.